The Morgan fingerprint density at radius 3 is 2.47 bits per heavy atom. The molecule has 7 heteroatoms. The molecular weight excluding hydrogens is 268 g/mol. The predicted molar refractivity (Wildman–Crippen MR) is 72.8 cm³/mol. The fourth-order valence-electron chi connectivity index (χ4n) is 2.16. The van der Waals surface area contributed by atoms with E-state index in [0.29, 0.717) is 6.54 Å². The van der Waals surface area contributed by atoms with Gasteiger partial charge in [0.25, 0.3) is 10.2 Å². The molecule has 0 amide bonds. The molecule has 0 unspecified atom stereocenters. The second-order valence-corrected chi connectivity index (χ2v) is 7.04. The van der Waals surface area contributed by atoms with Gasteiger partial charge in [0.2, 0.25) is 0 Å². The Kier molecular flexibility index (Phi) is 5.76. The first-order valence-corrected chi connectivity index (χ1v) is 8.07. The van der Waals surface area contributed by atoms with Crippen LogP contribution in [0, 0.1) is 5.41 Å². The maximum Gasteiger partial charge on any atom is 0.306 e. The van der Waals surface area contributed by atoms with Crippen LogP contribution in [-0.4, -0.2) is 45.9 Å². The Bertz CT molecular complexity index is 398. The maximum absolute atomic E-state index is 12.0. The lowest BCUT2D eigenvalue weighted by atomic mass is 9.67. The van der Waals surface area contributed by atoms with Crippen molar-refractivity contribution in [2.45, 2.75) is 39.0 Å². The van der Waals surface area contributed by atoms with E-state index in [-0.39, 0.29) is 18.4 Å². The summed E-state index contributed by atoms with van der Waals surface area (Å²) in [6.07, 6.45) is 4.39. The van der Waals surface area contributed by atoms with E-state index in [4.69, 9.17) is 0 Å². The van der Waals surface area contributed by atoms with E-state index in [1.807, 2.05) is 0 Å². The maximum atomic E-state index is 12.0. The monoisotopic (exact) mass is 292 g/mol. The van der Waals surface area contributed by atoms with Gasteiger partial charge < -0.3 is 4.74 Å². The molecule has 112 valence electrons. The third-order valence-corrected chi connectivity index (χ3v) is 5.57. The van der Waals surface area contributed by atoms with Crippen LogP contribution in [0.25, 0.3) is 0 Å². The minimum Gasteiger partial charge on any atom is -0.469 e. The lowest BCUT2D eigenvalue weighted by Gasteiger charge is -2.41. The fraction of sp³-hybridized carbons (Fsp3) is 0.917. The first-order valence-electron chi connectivity index (χ1n) is 6.63. The van der Waals surface area contributed by atoms with Crippen molar-refractivity contribution in [1.29, 1.82) is 0 Å². The second-order valence-electron chi connectivity index (χ2n) is 5.18. The first kappa shape index (κ1) is 16.4. The van der Waals surface area contributed by atoms with Crippen molar-refractivity contribution in [3.05, 3.63) is 0 Å². The van der Waals surface area contributed by atoms with Crippen molar-refractivity contribution in [3.63, 3.8) is 0 Å². The van der Waals surface area contributed by atoms with E-state index >= 15 is 0 Å². The Morgan fingerprint density at radius 2 is 2.05 bits per heavy atom. The number of methoxy groups -OCH3 is 1. The van der Waals surface area contributed by atoms with Crippen LogP contribution in [0.5, 0.6) is 0 Å². The molecule has 0 aliphatic heterocycles. The number of hydrogen-bond acceptors (Lipinski definition) is 4. The molecule has 6 nitrogen and oxygen atoms in total. The summed E-state index contributed by atoms with van der Waals surface area (Å²) in [7, 11) is -0.757. The fourth-order valence-corrected chi connectivity index (χ4v) is 3.20. The SMILES string of the molecule is CCC1(CNS(=O)(=O)N(C)CCC(=O)OC)CCC1. The van der Waals surface area contributed by atoms with Crippen LogP contribution in [0.3, 0.4) is 0 Å². The Hall–Kier alpha value is -0.660. The lowest BCUT2D eigenvalue weighted by Crippen LogP contribution is -2.46. The van der Waals surface area contributed by atoms with Gasteiger partial charge in [-0.1, -0.05) is 13.3 Å². The van der Waals surface area contributed by atoms with Gasteiger partial charge >= 0.3 is 5.97 Å². The molecule has 0 saturated heterocycles. The number of carbonyl (C=O) groups is 1. The molecule has 0 spiro atoms. The highest BCUT2D eigenvalue weighted by Crippen LogP contribution is 2.43. The van der Waals surface area contributed by atoms with Crippen LogP contribution in [0.1, 0.15) is 39.0 Å². The lowest BCUT2D eigenvalue weighted by molar-refractivity contribution is -0.140. The molecule has 19 heavy (non-hydrogen) atoms. The van der Waals surface area contributed by atoms with Gasteiger partial charge in [0, 0.05) is 20.1 Å². The zero-order valence-corrected chi connectivity index (χ0v) is 12.8. The van der Waals surface area contributed by atoms with Gasteiger partial charge in [0.1, 0.15) is 0 Å². The highest BCUT2D eigenvalue weighted by Gasteiger charge is 2.36. The third-order valence-electron chi connectivity index (χ3n) is 4.06. The summed E-state index contributed by atoms with van der Waals surface area (Å²) in [5, 5.41) is 0. The second kappa shape index (κ2) is 6.67. The van der Waals surface area contributed by atoms with Crippen molar-refractivity contribution in [2.24, 2.45) is 5.41 Å². The zero-order valence-electron chi connectivity index (χ0n) is 11.9. The van der Waals surface area contributed by atoms with Gasteiger partial charge in [-0.2, -0.15) is 12.7 Å². The minimum atomic E-state index is -3.51. The van der Waals surface area contributed by atoms with Crippen molar-refractivity contribution >= 4 is 16.2 Å². The normalized spacial score (nSPS) is 18.1. The molecule has 1 aliphatic rings. The number of nitrogens with one attached hydrogen (secondary N) is 1. The third kappa shape index (κ3) is 4.43. The minimum absolute atomic E-state index is 0.0623. The molecule has 0 heterocycles. The molecule has 1 saturated carbocycles. The molecule has 1 aliphatic carbocycles. The predicted octanol–water partition coefficient (Wildman–Crippen LogP) is 0.896. The van der Waals surface area contributed by atoms with E-state index in [9.17, 15) is 13.2 Å². The summed E-state index contributed by atoms with van der Waals surface area (Å²) in [5.41, 5.74) is 0.135. The van der Waals surface area contributed by atoms with Crippen LogP contribution in [0.15, 0.2) is 0 Å². The average molecular weight is 292 g/mol. The van der Waals surface area contributed by atoms with Gasteiger partial charge in [-0.3, -0.25) is 4.79 Å². The van der Waals surface area contributed by atoms with Gasteiger partial charge in [-0.05, 0) is 24.7 Å². The smallest absolute Gasteiger partial charge is 0.306 e. The number of rotatable bonds is 8. The largest absolute Gasteiger partial charge is 0.469 e. The number of esters is 1. The number of hydrogen-bond donors (Lipinski definition) is 1. The Balaban J connectivity index is 2.44. The molecule has 0 aromatic heterocycles. The highest BCUT2D eigenvalue weighted by molar-refractivity contribution is 7.87. The van der Waals surface area contributed by atoms with Crippen LogP contribution < -0.4 is 4.72 Å². The molecular formula is C12H24N2O4S. The number of ether oxygens (including phenoxy) is 1. The Morgan fingerprint density at radius 1 is 1.42 bits per heavy atom. The molecule has 1 rings (SSSR count). The van der Waals surface area contributed by atoms with E-state index in [1.165, 1.54) is 20.6 Å². The summed E-state index contributed by atoms with van der Waals surface area (Å²) in [6.45, 7) is 2.70. The molecule has 0 radical (unpaired) electrons. The van der Waals surface area contributed by atoms with Crippen LogP contribution in [0.2, 0.25) is 0 Å². The summed E-state index contributed by atoms with van der Waals surface area (Å²) in [5.74, 6) is -0.411. The van der Waals surface area contributed by atoms with Crippen molar-refractivity contribution in [3.8, 4) is 0 Å². The van der Waals surface area contributed by atoms with Crippen molar-refractivity contribution in [1.82, 2.24) is 9.03 Å². The number of nitrogens with zero attached hydrogens (tertiary/aromatic N) is 1. The average Bonchev–Trinajstić information content (AvgIpc) is 2.34. The van der Waals surface area contributed by atoms with Crippen LogP contribution >= 0.6 is 0 Å². The standard InChI is InChI=1S/C12H24N2O4S/c1-4-12(7-5-8-12)10-13-19(16,17)14(2)9-6-11(15)18-3/h13H,4-10H2,1-3H3. The van der Waals surface area contributed by atoms with E-state index in [2.05, 4.69) is 16.4 Å². The highest BCUT2D eigenvalue weighted by atomic mass is 32.2. The summed E-state index contributed by atoms with van der Waals surface area (Å²) >= 11 is 0. The summed E-state index contributed by atoms with van der Waals surface area (Å²) < 4.78 is 32.3. The van der Waals surface area contributed by atoms with Crippen LogP contribution in [0.4, 0.5) is 0 Å². The van der Waals surface area contributed by atoms with E-state index in [0.717, 1.165) is 23.6 Å². The van der Waals surface area contributed by atoms with Gasteiger partial charge in [0.05, 0.1) is 13.5 Å². The topological polar surface area (TPSA) is 75.7 Å². The molecule has 0 atom stereocenters. The molecule has 0 aromatic carbocycles. The van der Waals surface area contributed by atoms with Crippen LogP contribution in [-0.2, 0) is 19.7 Å². The van der Waals surface area contributed by atoms with E-state index < -0.39 is 16.2 Å². The molecule has 0 aromatic rings. The van der Waals surface area contributed by atoms with E-state index in [1.54, 1.807) is 0 Å². The molecule has 0 bridgehead atoms. The van der Waals surface area contributed by atoms with Gasteiger partial charge in [-0.15, -0.1) is 0 Å². The summed E-state index contributed by atoms with van der Waals surface area (Å²) in [6, 6.07) is 0. The zero-order chi connectivity index (χ0) is 14.5. The number of carbonyl (C=O) groups excluding carboxylic acids is 1. The molecule has 1 fully saturated rings. The van der Waals surface area contributed by atoms with Crippen molar-refractivity contribution in [2.75, 3.05) is 27.2 Å². The van der Waals surface area contributed by atoms with Gasteiger partial charge in [-0.25, -0.2) is 4.72 Å². The quantitative estimate of drug-likeness (QED) is 0.674. The summed E-state index contributed by atoms with van der Waals surface area (Å²) in [4.78, 5) is 11.0. The molecule has 1 N–H and O–H groups in total. The van der Waals surface area contributed by atoms with Gasteiger partial charge in [0.15, 0.2) is 0 Å². The van der Waals surface area contributed by atoms with Crippen molar-refractivity contribution < 1.29 is 17.9 Å². The Labute approximate surface area is 115 Å². The first-order chi connectivity index (χ1) is 8.85.